The van der Waals surface area contributed by atoms with Crippen molar-refractivity contribution in [1.82, 2.24) is 5.10 Å². The summed E-state index contributed by atoms with van der Waals surface area (Å²) in [4.78, 5) is 0.469. The lowest BCUT2D eigenvalue weighted by molar-refractivity contribution is -0.669. The average molecular weight is 95.1 g/mol. The molecule has 35 valence electrons. The van der Waals surface area contributed by atoms with E-state index in [0.717, 1.165) is 0 Å². The zero-order valence-corrected chi connectivity index (χ0v) is 3.53. The first-order valence-electron chi connectivity index (χ1n) is 1.81. The Morgan fingerprint density at radius 2 is 2.57 bits per heavy atom. The molecule has 3 nitrogen and oxygen atoms in total. The topological polar surface area (TPSA) is 39.8 Å². The highest BCUT2D eigenvalue weighted by atomic mass is 16.5. The molecule has 0 bridgehead atoms. The van der Waals surface area contributed by atoms with Gasteiger partial charge in [-0.15, -0.1) is 0 Å². The van der Waals surface area contributed by atoms with Crippen LogP contribution in [0.2, 0.25) is 0 Å². The van der Waals surface area contributed by atoms with Gasteiger partial charge in [-0.3, -0.25) is 0 Å². The molecule has 0 fully saturated rings. The first kappa shape index (κ1) is 4.05. The molecule has 1 aromatic rings. The molecule has 1 aromatic heterocycles. The van der Waals surface area contributed by atoms with Gasteiger partial charge in [-0.05, 0) is 0 Å². The lowest BCUT2D eigenvalue weighted by Gasteiger charge is -1.84. The summed E-state index contributed by atoms with van der Waals surface area (Å²) in [6, 6.07) is 4.10. The SMILES string of the molecule is [O-][n+]1cc[c]cn1. The Hall–Kier alpha value is -1.12. The van der Waals surface area contributed by atoms with Crippen LogP contribution in [0.5, 0.6) is 0 Å². The molecule has 1 radical (unpaired) electrons. The van der Waals surface area contributed by atoms with Crippen molar-refractivity contribution in [1.29, 1.82) is 0 Å². The Kier molecular flexibility index (Phi) is 0.898. The largest absolute Gasteiger partial charge is 0.594 e. The molecule has 7 heavy (non-hydrogen) atoms. The van der Waals surface area contributed by atoms with E-state index in [2.05, 4.69) is 11.2 Å². The van der Waals surface area contributed by atoms with Crippen molar-refractivity contribution in [3.63, 3.8) is 0 Å². The molecule has 1 heterocycles. The van der Waals surface area contributed by atoms with Crippen molar-refractivity contribution in [2.45, 2.75) is 0 Å². The van der Waals surface area contributed by atoms with Crippen LogP contribution >= 0.6 is 0 Å². The summed E-state index contributed by atoms with van der Waals surface area (Å²) < 4.78 is 0. The number of rotatable bonds is 0. The second-order valence-corrected chi connectivity index (χ2v) is 1.03. The number of nitrogens with zero attached hydrogens (tertiary/aromatic N) is 2. The highest BCUT2D eigenvalue weighted by Crippen LogP contribution is 1.65. The van der Waals surface area contributed by atoms with Crippen LogP contribution in [0.1, 0.15) is 0 Å². The summed E-state index contributed by atoms with van der Waals surface area (Å²) in [5.41, 5.74) is 0. The van der Waals surface area contributed by atoms with E-state index in [0.29, 0.717) is 4.85 Å². The Morgan fingerprint density at radius 1 is 1.71 bits per heavy atom. The molecular formula is C4H3N2O. The third-order valence-electron chi connectivity index (χ3n) is 0.544. The first-order chi connectivity index (χ1) is 3.39. The molecule has 0 saturated carbocycles. The summed E-state index contributed by atoms with van der Waals surface area (Å²) >= 11 is 0. The summed E-state index contributed by atoms with van der Waals surface area (Å²) in [5, 5.41) is 13.3. The predicted molar refractivity (Wildman–Crippen MR) is 22.0 cm³/mol. The van der Waals surface area contributed by atoms with Crippen molar-refractivity contribution >= 4 is 0 Å². The van der Waals surface area contributed by atoms with E-state index in [1.807, 2.05) is 0 Å². The van der Waals surface area contributed by atoms with Crippen LogP contribution in [0, 0.1) is 11.3 Å². The first-order valence-corrected chi connectivity index (χ1v) is 1.81. The van der Waals surface area contributed by atoms with E-state index in [1.165, 1.54) is 18.5 Å². The Balaban J connectivity index is 3.02. The molecule has 0 aliphatic carbocycles. The van der Waals surface area contributed by atoms with Gasteiger partial charge in [0, 0.05) is 17.2 Å². The van der Waals surface area contributed by atoms with Crippen LogP contribution in [0.3, 0.4) is 0 Å². The van der Waals surface area contributed by atoms with Gasteiger partial charge in [0.05, 0.1) is 0 Å². The van der Waals surface area contributed by atoms with E-state index >= 15 is 0 Å². The van der Waals surface area contributed by atoms with E-state index in [1.54, 1.807) is 0 Å². The fourth-order valence-corrected chi connectivity index (χ4v) is 0.279. The summed E-state index contributed by atoms with van der Waals surface area (Å²) in [6.45, 7) is 0. The van der Waals surface area contributed by atoms with E-state index in [9.17, 15) is 5.21 Å². The zero-order chi connectivity index (χ0) is 5.11. The van der Waals surface area contributed by atoms with Crippen molar-refractivity contribution < 1.29 is 4.85 Å². The zero-order valence-electron chi connectivity index (χ0n) is 3.53. The normalized spacial score (nSPS) is 8.57. The van der Waals surface area contributed by atoms with Crippen LogP contribution in [-0.2, 0) is 0 Å². The third-order valence-corrected chi connectivity index (χ3v) is 0.544. The van der Waals surface area contributed by atoms with Gasteiger partial charge in [0.15, 0.2) is 0 Å². The fourth-order valence-electron chi connectivity index (χ4n) is 0.279. The monoisotopic (exact) mass is 95.0 g/mol. The lowest BCUT2D eigenvalue weighted by Crippen LogP contribution is -2.28. The predicted octanol–water partition coefficient (Wildman–Crippen LogP) is -0.485. The third kappa shape index (κ3) is 0.855. The molecule has 0 atom stereocenters. The minimum absolute atomic E-state index is 0.469. The standard InChI is InChI=1S/C4H3N2O/c7-6-4-2-1-3-5-6/h2-4H. The van der Waals surface area contributed by atoms with Crippen molar-refractivity contribution in [3.05, 3.63) is 29.7 Å². The quantitative estimate of drug-likeness (QED) is 0.322. The molecule has 0 amide bonds. The lowest BCUT2D eigenvalue weighted by atomic mass is 10.6. The van der Waals surface area contributed by atoms with Gasteiger partial charge in [0.1, 0.15) is 6.20 Å². The van der Waals surface area contributed by atoms with Crippen LogP contribution in [-0.4, -0.2) is 5.10 Å². The van der Waals surface area contributed by atoms with Gasteiger partial charge < -0.3 is 5.21 Å². The molecule has 0 N–H and O–H groups in total. The van der Waals surface area contributed by atoms with E-state index in [4.69, 9.17) is 0 Å². The molecule has 0 aliphatic rings. The van der Waals surface area contributed by atoms with Crippen molar-refractivity contribution in [3.8, 4) is 0 Å². The molecule has 1 rings (SSSR count). The summed E-state index contributed by atoms with van der Waals surface area (Å²) in [7, 11) is 0. The number of aromatic nitrogens is 2. The molecule has 0 spiro atoms. The Morgan fingerprint density at radius 3 is 2.86 bits per heavy atom. The summed E-state index contributed by atoms with van der Waals surface area (Å²) in [6.07, 6.45) is 2.59. The minimum atomic E-state index is 0.469. The van der Waals surface area contributed by atoms with E-state index < -0.39 is 0 Å². The number of hydrogen-bond donors (Lipinski definition) is 0. The van der Waals surface area contributed by atoms with Gasteiger partial charge >= 0.3 is 0 Å². The highest BCUT2D eigenvalue weighted by Gasteiger charge is 1.77. The van der Waals surface area contributed by atoms with Crippen LogP contribution < -0.4 is 4.85 Å². The van der Waals surface area contributed by atoms with Gasteiger partial charge in [-0.1, -0.05) is 4.85 Å². The second kappa shape index (κ2) is 1.55. The van der Waals surface area contributed by atoms with Crippen molar-refractivity contribution in [2.24, 2.45) is 0 Å². The molecule has 0 saturated heterocycles. The maximum atomic E-state index is 10.1. The summed E-state index contributed by atoms with van der Waals surface area (Å²) in [5.74, 6) is 0. The van der Waals surface area contributed by atoms with Crippen LogP contribution in [0.25, 0.3) is 0 Å². The maximum absolute atomic E-state index is 10.1. The van der Waals surface area contributed by atoms with Crippen LogP contribution in [0.15, 0.2) is 18.5 Å². The Labute approximate surface area is 40.8 Å². The second-order valence-electron chi connectivity index (χ2n) is 1.03. The van der Waals surface area contributed by atoms with E-state index in [-0.39, 0.29) is 0 Å². The van der Waals surface area contributed by atoms with Crippen molar-refractivity contribution in [2.75, 3.05) is 0 Å². The van der Waals surface area contributed by atoms with Gasteiger partial charge in [-0.2, -0.15) is 0 Å². The van der Waals surface area contributed by atoms with Gasteiger partial charge in [0.25, 0.3) is 0 Å². The van der Waals surface area contributed by atoms with Gasteiger partial charge in [-0.25, -0.2) is 0 Å². The number of hydrogen-bond acceptors (Lipinski definition) is 2. The Bertz CT molecular complexity index is 140. The van der Waals surface area contributed by atoms with Crippen LogP contribution in [0.4, 0.5) is 0 Å². The molecule has 3 heteroatoms. The maximum Gasteiger partial charge on any atom is 0.210 e. The fraction of sp³-hybridized carbons (Fsp3) is 0. The smallest absolute Gasteiger partial charge is 0.210 e. The van der Waals surface area contributed by atoms with Gasteiger partial charge in [0.2, 0.25) is 6.20 Å². The molecular weight excluding hydrogens is 92.1 g/mol. The highest BCUT2D eigenvalue weighted by molar-refractivity contribution is 4.73. The molecule has 0 unspecified atom stereocenters. The average Bonchev–Trinajstić information content (AvgIpc) is 1.69. The molecule has 0 aliphatic heterocycles. The minimum Gasteiger partial charge on any atom is -0.594 e. The molecule has 0 aromatic carbocycles.